The van der Waals surface area contributed by atoms with Crippen molar-refractivity contribution >= 4 is 0 Å². The molecule has 1 heterocycles. The van der Waals surface area contributed by atoms with E-state index in [1.165, 1.54) is 30.4 Å². The van der Waals surface area contributed by atoms with Crippen LogP contribution in [0, 0.1) is 0 Å². The molecule has 0 bridgehead atoms. The first kappa shape index (κ1) is 18.4. The largest absolute Gasteiger partial charge is 0.490 e. The lowest BCUT2D eigenvalue weighted by Gasteiger charge is -2.30. The van der Waals surface area contributed by atoms with Crippen LogP contribution in [-0.4, -0.2) is 18.7 Å². The van der Waals surface area contributed by atoms with E-state index in [-0.39, 0.29) is 6.10 Å². The maximum atomic E-state index is 6.30. The standard InChI is InChI=1S/C24H31NO2/c1-2-16-25-20-9-11-21(12-10-20)26-22-13-15-24-19(17-22)8-14-23(27-24)18-6-4-3-5-7-18/h3-7,13,15,17,20-21,23,25H,2,8-12,14,16H2,1H3/t20-,21-,23-/m0/s1. The molecule has 0 amide bonds. The van der Waals surface area contributed by atoms with Gasteiger partial charge in [0.25, 0.3) is 0 Å². The summed E-state index contributed by atoms with van der Waals surface area (Å²) in [5, 5.41) is 3.64. The smallest absolute Gasteiger partial charge is 0.124 e. The van der Waals surface area contributed by atoms with Gasteiger partial charge in [-0.15, -0.1) is 0 Å². The Labute approximate surface area is 163 Å². The Morgan fingerprint density at radius 3 is 2.59 bits per heavy atom. The Balaban J connectivity index is 1.33. The van der Waals surface area contributed by atoms with Gasteiger partial charge in [-0.1, -0.05) is 37.3 Å². The molecule has 0 aromatic heterocycles. The van der Waals surface area contributed by atoms with Gasteiger partial charge in [0.15, 0.2) is 0 Å². The SMILES string of the molecule is CCCN[C@H]1CC[C@H](Oc2ccc3c(c2)CC[C@@H](c2ccccc2)O3)CC1. The van der Waals surface area contributed by atoms with Crippen molar-refractivity contribution in [2.75, 3.05) is 6.54 Å². The number of aryl methyl sites for hydroxylation is 1. The predicted molar refractivity (Wildman–Crippen MR) is 110 cm³/mol. The van der Waals surface area contributed by atoms with Gasteiger partial charge in [0.2, 0.25) is 0 Å². The minimum atomic E-state index is 0.163. The summed E-state index contributed by atoms with van der Waals surface area (Å²) in [6.45, 7) is 3.36. The number of hydrogen-bond donors (Lipinski definition) is 1. The van der Waals surface area contributed by atoms with Crippen molar-refractivity contribution in [2.24, 2.45) is 0 Å². The van der Waals surface area contributed by atoms with Crippen LogP contribution in [0.25, 0.3) is 0 Å². The van der Waals surface area contributed by atoms with Gasteiger partial charge in [0.1, 0.15) is 17.6 Å². The monoisotopic (exact) mass is 365 g/mol. The summed E-state index contributed by atoms with van der Waals surface area (Å²) in [6, 6.07) is 17.6. The fourth-order valence-corrected chi connectivity index (χ4v) is 4.27. The molecule has 1 N–H and O–H groups in total. The second-order valence-corrected chi connectivity index (χ2v) is 7.87. The highest BCUT2D eigenvalue weighted by Crippen LogP contribution is 2.37. The van der Waals surface area contributed by atoms with Gasteiger partial charge in [-0.3, -0.25) is 0 Å². The summed E-state index contributed by atoms with van der Waals surface area (Å²) < 4.78 is 12.6. The Bertz CT molecular complexity index is 722. The van der Waals surface area contributed by atoms with Crippen LogP contribution in [0.1, 0.15) is 62.7 Å². The molecule has 27 heavy (non-hydrogen) atoms. The second kappa shape index (κ2) is 8.79. The summed E-state index contributed by atoms with van der Waals surface area (Å²) in [4.78, 5) is 0. The molecule has 2 aromatic rings. The number of rotatable bonds is 6. The first-order chi connectivity index (χ1) is 13.3. The van der Waals surface area contributed by atoms with E-state index in [1.54, 1.807) is 0 Å². The lowest BCUT2D eigenvalue weighted by molar-refractivity contribution is 0.138. The zero-order valence-corrected chi connectivity index (χ0v) is 16.3. The van der Waals surface area contributed by atoms with E-state index < -0.39 is 0 Å². The molecule has 144 valence electrons. The summed E-state index contributed by atoms with van der Waals surface area (Å²) >= 11 is 0. The third-order valence-electron chi connectivity index (χ3n) is 5.81. The van der Waals surface area contributed by atoms with Crippen molar-refractivity contribution in [1.29, 1.82) is 0 Å². The molecule has 1 aliphatic heterocycles. The summed E-state index contributed by atoms with van der Waals surface area (Å²) in [5.41, 5.74) is 2.54. The average molecular weight is 366 g/mol. The Morgan fingerprint density at radius 1 is 1.00 bits per heavy atom. The quantitative estimate of drug-likeness (QED) is 0.739. The summed E-state index contributed by atoms with van der Waals surface area (Å²) in [6.07, 6.45) is 8.51. The molecule has 1 saturated carbocycles. The summed E-state index contributed by atoms with van der Waals surface area (Å²) in [7, 11) is 0. The molecule has 3 heteroatoms. The highest BCUT2D eigenvalue weighted by atomic mass is 16.5. The molecule has 1 fully saturated rings. The fourth-order valence-electron chi connectivity index (χ4n) is 4.27. The van der Waals surface area contributed by atoms with Gasteiger partial charge in [0.05, 0.1) is 6.10 Å². The maximum Gasteiger partial charge on any atom is 0.124 e. The molecule has 2 aromatic carbocycles. The number of nitrogens with one attached hydrogen (secondary N) is 1. The lowest BCUT2D eigenvalue weighted by atomic mass is 9.92. The zero-order valence-electron chi connectivity index (χ0n) is 16.3. The third kappa shape index (κ3) is 4.65. The molecule has 0 saturated heterocycles. The summed E-state index contributed by atoms with van der Waals surface area (Å²) in [5.74, 6) is 2.01. The predicted octanol–water partition coefficient (Wildman–Crippen LogP) is 5.44. The van der Waals surface area contributed by atoms with Crippen molar-refractivity contribution in [2.45, 2.75) is 70.1 Å². The van der Waals surface area contributed by atoms with Gasteiger partial charge >= 0.3 is 0 Å². The van der Waals surface area contributed by atoms with Crippen LogP contribution in [0.3, 0.4) is 0 Å². The van der Waals surface area contributed by atoms with E-state index in [0.29, 0.717) is 12.1 Å². The van der Waals surface area contributed by atoms with E-state index in [2.05, 4.69) is 60.8 Å². The second-order valence-electron chi connectivity index (χ2n) is 7.87. The van der Waals surface area contributed by atoms with Crippen LogP contribution >= 0.6 is 0 Å². The Morgan fingerprint density at radius 2 is 1.81 bits per heavy atom. The minimum absolute atomic E-state index is 0.163. The number of hydrogen-bond acceptors (Lipinski definition) is 3. The maximum absolute atomic E-state index is 6.30. The zero-order chi connectivity index (χ0) is 18.5. The van der Waals surface area contributed by atoms with Crippen LogP contribution in [0.5, 0.6) is 11.5 Å². The molecule has 1 atom stereocenters. The molecular formula is C24H31NO2. The van der Waals surface area contributed by atoms with Crippen LogP contribution in [0.15, 0.2) is 48.5 Å². The van der Waals surface area contributed by atoms with E-state index in [4.69, 9.17) is 9.47 Å². The first-order valence-corrected chi connectivity index (χ1v) is 10.6. The first-order valence-electron chi connectivity index (χ1n) is 10.6. The highest BCUT2D eigenvalue weighted by molar-refractivity contribution is 5.42. The van der Waals surface area contributed by atoms with E-state index in [9.17, 15) is 0 Å². The van der Waals surface area contributed by atoms with Crippen LogP contribution in [0.4, 0.5) is 0 Å². The number of benzene rings is 2. The Kier molecular flexibility index (Phi) is 5.98. The molecule has 3 nitrogen and oxygen atoms in total. The third-order valence-corrected chi connectivity index (χ3v) is 5.81. The van der Waals surface area contributed by atoms with Gasteiger partial charge < -0.3 is 14.8 Å². The van der Waals surface area contributed by atoms with Crippen molar-refractivity contribution in [3.63, 3.8) is 0 Å². The molecule has 0 unspecified atom stereocenters. The molecule has 0 spiro atoms. The van der Waals surface area contributed by atoms with Gasteiger partial charge in [-0.2, -0.15) is 0 Å². The normalized spacial score (nSPS) is 24.7. The molecule has 0 radical (unpaired) electrons. The average Bonchev–Trinajstić information content (AvgIpc) is 2.73. The molecular weight excluding hydrogens is 334 g/mol. The van der Waals surface area contributed by atoms with Crippen LogP contribution in [-0.2, 0) is 6.42 Å². The Hall–Kier alpha value is -2.00. The number of fused-ring (bicyclic) bond motifs is 1. The molecule has 4 rings (SSSR count). The fraction of sp³-hybridized carbons (Fsp3) is 0.500. The van der Waals surface area contributed by atoms with E-state index in [0.717, 1.165) is 43.7 Å². The van der Waals surface area contributed by atoms with Crippen LogP contribution in [0.2, 0.25) is 0 Å². The minimum Gasteiger partial charge on any atom is -0.490 e. The topological polar surface area (TPSA) is 30.5 Å². The van der Waals surface area contributed by atoms with Crippen molar-refractivity contribution in [1.82, 2.24) is 5.32 Å². The molecule has 1 aliphatic carbocycles. The number of ether oxygens (including phenoxy) is 2. The van der Waals surface area contributed by atoms with E-state index in [1.807, 2.05) is 0 Å². The molecule has 2 aliphatic rings. The van der Waals surface area contributed by atoms with Gasteiger partial charge in [0, 0.05) is 6.04 Å². The van der Waals surface area contributed by atoms with Crippen molar-refractivity contribution < 1.29 is 9.47 Å². The van der Waals surface area contributed by atoms with Crippen LogP contribution < -0.4 is 14.8 Å². The van der Waals surface area contributed by atoms with Crippen molar-refractivity contribution in [3.05, 3.63) is 59.7 Å². The lowest BCUT2D eigenvalue weighted by Crippen LogP contribution is -2.36. The highest BCUT2D eigenvalue weighted by Gasteiger charge is 2.24. The van der Waals surface area contributed by atoms with E-state index >= 15 is 0 Å². The van der Waals surface area contributed by atoms with Gasteiger partial charge in [-0.05, 0) is 80.8 Å². The van der Waals surface area contributed by atoms with Gasteiger partial charge in [-0.25, -0.2) is 0 Å². The van der Waals surface area contributed by atoms with Crippen molar-refractivity contribution in [3.8, 4) is 11.5 Å².